The zero-order chi connectivity index (χ0) is 35.0. The van der Waals surface area contributed by atoms with Crippen LogP contribution in [0.3, 0.4) is 0 Å². The van der Waals surface area contributed by atoms with Crippen LogP contribution in [0.4, 0.5) is 5.69 Å². The first kappa shape index (κ1) is 39.7. The highest BCUT2D eigenvalue weighted by Gasteiger charge is 2.41. The number of hydrogen-bond donors (Lipinski definition) is 1. The Bertz CT molecular complexity index is 1250. The van der Waals surface area contributed by atoms with E-state index in [1.54, 1.807) is 48.5 Å². The van der Waals surface area contributed by atoms with Crippen molar-refractivity contribution in [1.29, 1.82) is 0 Å². The summed E-state index contributed by atoms with van der Waals surface area (Å²) in [6.07, 6.45) is 7.87. The van der Waals surface area contributed by atoms with Crippen LogP contribution in [0, 0.1) is 17.8 Å². The lowest BCUT2D eigenvalue weighted by Crippen LogP contribution is -2.45. The zero-order valence-corrected chi connectivity index (χ0v) is 32.1. The summed E-state index contributed by atoms with van der Waals surface area (Å²) in [6.45, 7) is 21.8. The number of anilines is 1. The molecule has 0 aromatic heterocycles. The van der Waals surface area contributed by atoms with E-state index in [1.165, 1.54) is 0 Å². The lowest BCUT2D eigenvalue weighted by Gasteiger charge is -2.41. The monoisotopic (exact) mass is 659 g/mol. The largest absolute Gasteiger partial charge is 0.497 e. The maximum Gasteiger partial charge on any atom is 0.251 e. The summed E-state index contributed by atoms with van der Waals surface area (Å²) in [6, 6.07) is 3.67. The van der Waals surface area contributed by atoms with Crippen LogP contribution < -0.4 is 14.8 Å². The number of nitrogens with one attached hydrogen (secondary N) is 1. The molecule has 0 saturated carbocycles. The normalized spacial score (nSPS) is 30.4. The van der Waals surface area contributed by atoms with Gasteiger partial charge in [0.15, 0.2) is 8.32 Å². The Balaban J connectivity index is 2.78. The Morgan fingerprint density at radius 1 is 0.870 bits per heavy atom. The Hall–Kier alpha value is -2.43. The molecule has 1 amide bonds. The number of hydrogen-bond acceptors (Lipinski definition) is 7. The summed E-state index contributed by atoms with van der Waals surface area (Å²) in [5.41, 5.74) is 2.99. The molecule has 0 unspecified atom stereocenters. The van der Waals surface area contributed by atoms with Gasteiger partial charge in [-0.25, -0.2) is 0 Å². The van der Waals surface area contributed by atoms with Crippen LogP contribution in [-0.2, 0) is 23.4 Å². The van der Waals surface area contributed by atoms with E-state index in [1.807, 2.05) is 18.2 Å². The molecule has 2 bridgehead atoms. The van der Waals surface area contributed by atoms with Crippen LogP contribution >= 0.6 is 0 Å². The van der Waals surface area contributed by atoms with Gasteiger partial charge in [0.1, 0.15) is 11.5 Å². The predicted octanol–water partition coefficient (Wildman–Crippen LogP) is 8.51. The maximum absolute atomic E-state index is 13.4. The van der Waals surface area contributed by atoms with Crippen molar-refractivity contribution in [3.8, 4) is 11.5 Å². The summed E-state index contributed by atoms with van der Waals surface area (Å²) in [4.78, 5) is 13.4. The summed E-state index contributed by atoms with van der Waals surface area (Å²) >= 11 is 0. The van der Waals surface area contributed by atoms with Crippen LogP contribution in [0.25, 0.3) is 0 Å². The fourth-order valence-electron chi connectivity index (χ4n) is 5.99. The summed E-state index contributed by atoms with van der Waals surface area (Å²) in [7, 11) is 6.23. The molecular formula is C37H61NO7Si. The van der Waals surface area contributed by atoms with Crippen molar-refractivity contribution in [2.75, 3.05) is 40.9 Å². The van der Waals surface area contributed by atoms with Gasteiger partial charge in [-0.3, -0.25) is 4.79 Å². The van der Waals surface area contributed by atoms with Crippen molar-refractivity contribution in [3.05, 3.63) is 53.1 Å². The van der Waals surface area contributed by atoms with E-state index >= 15 is 0 Å². The fraction of sp³-hybridized carbons (Fsp3) is 0.649. The molecule has 1 aliphatic heterocycles. The molecule has 7 atom stereocenters. The van der Waals surface area contributed by atoms with Gasteiger partial charge >= 0.3 is 0 Å². The molecule has 0 aliphatic carbocycles. The molecule has 2 rings (SSSR count). The van der Waals surface area contributed by atoms with Crippen LogP contribution in [0.2, 0.25) is 18.1 Å². The van der Waals surface area contributed by atoms with Crippen molar-refractivity contribution in [2.45, 2.75) is 104 Å². The summed E-state index contributed by atoms with van der Waals surface area (Å²) in [5, 5.41) is 3.09. The first-order chi connectivity index (χ1) is 21.5. The Morgan fingerprint density at radius 3 is 2.04 bits per heavy atom. The Labute approximate surface area is 280 Å². The summed E-state index contributed by atoms with van der Waals surface area (Å²) in [5.74, 6) is 0.940. The summed E-state index contributed by atoms with van der Waals surface area (Å²) < 4.78 is 37.0. The van der Waals surface area contributed by atoms with Gasteiger partial charge in [0.2, 0.25) is 0 Å². The fourth-order valence-corrected chi connectivity index (χ4v) is 7.37. The SMILES string of the molecule is COc1cc2c(OC)c(c1)[C@H](OC)[C@@H](C)C[C@H](OC)[C@H](OC)[C@@H](C)/C=C(\C)[C@H](O[Si](C)(C)C(C)(C)C)[C@@H](C)/C=C\C=C(/C)C(=O)N2. The van der Waals surface area contributed by atoms with Crippen molar-refractivity contribution in [2.24, 2.45) is 17.8 Å². The van der Waals surface area contributed by atoms with Crippen molar-refractivity contribution >= 4 is 19.9 Å². The average Bonchev–Trinajstić information content (AvgIpc) is 2.98. The number of methoxy groups -OCH3 is 5. The molecular weight excluding hydrogens is 598 g/mol. The third-order valence-electron chi connectivity index (χ3n) is 9.72. The minimum absolute atomic E-state index is 0.0166. The standard InChI is InChI=1S/C37H61NO7Si/c1-23-17-16-18-24(2)36(39)38-30-22-28(40-9)21-29(35(30)44-13)33(42-11)27(5)20-31(41-10)34(43-12)26(4)19-25(3)32(23)45-46(14,15)37(6,7)8/h16-19,21-23,26-27,31-34H,20H2,1-15H3,(H,38,39)/b17-16-,24-18+,25-19+/t23-,26-,27-,31-,32+,33+,34+/m0/s1. The number of amides is 1. The molecule has 1 N–H and O–H groups in total. The van der Waals surface area contributed by atoms with Gasteiger partial charge in [0.05, 0.1) is 44.3 Å². The highest BCUT2D eigenvalue weighted by Crippen LogP contribution is 2.43. The van der Waals surface area contributed by atoms with Gasteiger partial charge in [-0.15, -0.1) is 0 Å². The van der Waals surface area contributed by atoms with E-state index in [4.69, 9.17) is 28.1 Å². The molecule has 8 nitrogen and oxygen atoms in total. The smallest absolute Gasteiger partial charge is 0.251 e. The second-order valence-electron chi connectivity index (χ2n) is 14.3. The van der Waals surface area contributed by atoms with Gasteiger partial charge in [-0.1, -0.05) is 65.8 Å². The highest BCUT2D eigenvalue weighted by molar-refractivity contribution is 6.74. The molecule has 0 radical (unpaired) electrons. The molecule has 1 heterocycles. The number of fused-ring (bicyclic) bond motifs is 2. The molecule has 1 aromatic rings. The lowest BCUT2D eigenvalue weighted by atomic mass is 9.86. The van der Waals surface area contributed by atoms with Crippen molar-refractivity contribution < 1.29 is 32.9 Å². The molecule has 1 aliphatic rings. The topological polar surface area (TPSA) is 84.5 Å². The van der Waals surface area contributed by atoms with Crippen molar-refractivity contribution in [3.63, 3.8) is 0 Å². The molecule has 46 heavy (non-hydrogen) atoms. The number of rotatable bonds is 7. The van der Waals surface area contributed by atoms with Gasteiger partial charge in [0, 0.05) is 50.4 Å². The first-order valence-electron chi connectivity index (χ1n) is 16.3. The number of carbonyl (C=O) groups is 1. The first-order valence-corrected chi connectivity index (χ1v) is 19.2. The minimum atomic E-state index is -2.12. The van der Waals surface area contributed by atoms with Gasteiger partial charge in [-0.2, -0.15) is 0 Å². The zero-order valence-electron chi connectivity index (χ0n) is 31.1. The van der Waals surface area contributed by atoms with Gasteiger partial charge in [-0.05, 0) is 56.0 Å². The van der Waals surface area contributed by atoms with Crippen molar-refractivity contribution in [1.82, 2.24) is 0 Å². The van der Waals surface area contributed by atoms with E-state index in [9.17, 15) is 4.79 Å². The highest BCUT2D eigenvalue weighted by atomic mass is 28.4. The molecule has 0 saturated heterocycles. The molecule has 260 valence electrons. The predicted molar refractivity (Wildman–Crippen MR) is 190 cm³/mol. The average molecular weight is 660 g/mol. The van der Waals surface area contributed by atoms with Gasteiger partial charge in [0.25, 0.3) is 5.91 Å². The van der Waals surface area contributed by atoms with Crippen LogP contribution in [0.1, 0.15) is 73.5 Å². The molecule has 1 aromatic carbocycles. The third kappa shape index (κ3) is 9.80. The Morgan fingerprint density at radius 2 is 1.52 bits per heavy atom. The molecule has 9 heteroatoms. The number of ether oxygens (including phenoxy) is 5. The lowest BCUT2D eigenvalue weighted by molar-refractivity contribution is -0.112. The van der Waals surface area contributed by atoms with Crippen LogP contribution in [0.5, 0.6) is 11.5 Å². The second kappa shape index (κ2) is 17.1. The number of carbonyl (C=O) groups excluding carboxylic acids is 1. The van der Waals surface area contributed by atoms with E-state index < -0.39 is 8.32 Å². The second-order valence-corrected chi connectivity index (χ2v) is 19.0. The Kier molecular flexibility index (Phi) is 14.8. The number of benzene rings is 1. The maximum atomic E-state index is 13.4. The van der Waals surface area contributed by atoms with E-state index in [-0.39, 0.29) is 53.1 Å². The van der Waals surface area contributed by atoms with Crippen LogP contribution in [0.15, 0.2) is 47.6 Å². The number of allylic oxidation sites excluding steroid dienone is 2. The van der Waals surface area contributed by atoms with E-state index in [2.05, 4.69) is 79.0 Å². The molecule has 0 spiro atoms. The quantitative estimate of drug-likeness (QED) is 0.232. The van der Waals surface area contributed by atoms with E-state index in [0.29, 0.717) is 29.2 Å². The van der Waals surface area contributed by atoms with Gasteiger partial charge < -0.3 is 33.4 Å². The van der Waals surface area contributed by atoms with Crippen LogP contribution in [-0.4, -0.2) is 68.1 Å². The molecule has 0 fully saturated rings. The van der Waals surface area contributed by atoms with E-state index in [0.717, 1.165) is 11.1 Å². The minimum Gasteiger partial charge on any atom is -0.497 e. The third-order valence-corrected chi connectivity index (χ3v) is 14.2.